The molecule has 0 aromatic heterocycles. The molecular formula is C21H29NO3. The third kappa shape index (κ3) is 2.61. The Labute approximate surface area is 150 Å². The van der Waals surface area contributed by atoms with Gasteiger partial charge in [0.2, 0.25) is 5.91 Å². The molecule has 1 saturated carbocycles. The number of fused-ring (bicyclic) bond motifs is 3. The Bertz CT molecular complexity index is 678. The number of benzene rings is 1. The summed E-state index contributed by atoms with van der Waals surface area (Å²) in [5.74, 6) is 2.09. The summed E-state index contributed by atoms with van der Waals surface area (Å²) in [6, 6.07) is 4.46. The van der Waals surface area contributed by atoms with Crippen molar-refractivity contribution in [3.63, 3.8) is 0 Å². The first-order valence-electron chi connectivity index (χ1n) is 9.80. The number of hydrogen-bond acceptors (Lipinski definition) is 3. The highest BCUT2D eigenvalue weighted by molar-refractivity contribution is 5.80. The average molecular weight is 343 g/mol. The van der Waals surface area contributed by atoms with Crippen LogP contribution in [0.15, 0.2) is 12.1 Å². The van der Waals surface area contributed by atoms with Crippen LogP contribution in [-0.2, 0) is 10.2 Å². The lowest BCUT2D eigenvalue weighted by molar-refractivity contribution is -0.139. The third-order valence-corrected chi connectivity index (χ3v) is 6.55. The normalized spacial score (nSPS) is 24.9. The summed E-state index contributed by atoms with van der Waals surface area (Å²) in [5, 5.41) is 0. The second kappa shape index (κ2) is 6.22. The van der Waals surface area contributed by atoms with Gasteiger partial charge >= 0.3 is 0 Å². The van der Waals surface area contributed by atoms with Crippen molar-refractivity contribution < 1.29 is 14.3 Å². The van der Waals surface area contributed by atoms with Gasteiger partial charge in [-0.1, -0.05) is 26.7 Å². The minimum atomic E-state index is 0.0830. The molecule has 1 amide bonds. The summed E-state index contributed by atoms with van der Waals surface area (Å²) in [4.78, 5) is 15.2. The highest BCUT2D eigenvalue weighted by atomic mass is 16.6. The van der Waals surface area contributed by atoms with Crippen molar-refractivity contribution >= 4 is 5.91 Å². The summed E-state index contributed by atoms with van der Waals surface area (Å²) in [5.41, 5.74) is 2.75. The average Bonchev–Trinajstić information content (AvgIpc) is 3.12. The first-order chi connectivity index (χ1) is 12.1. The Morgan fingerprint density at radius 2 is 1.88 bits per heavy atom. The van der Waals surface area contributed by atoms with Crippen molar-refractivity contribution in [2.45, 2.75) is 64.3 Å². The van der Waals surface area contributed by atoms with Crippen LogP contribution >= 0.6 is 0 Å². The van der Waals surface area contributed by atoms with E-state index in [2.05, 4.69) is 37.8 Å². The van der Waals surface area contributed by atoms with Gasteiger partial charge in [0.05, 0.1) is 6.04 Å². The van der Waals surface area contributed by atoms with E-state index in [0.717, 1.165) is 37.3 Å². The first-order valence-corrected chi connectivity index (χ1v) is 9.80. The molecule has 4 nitrogen and oxygen atoms in total. The number of hydrogen-bond donors (Lipinski definition) is 0. The predicted molar refractivity (Wildman–Crippen MR) is 97.2 cm³/mol. The van der Waals surface area contributed by atoms with E-state index < -0.39 is 0 Å². The molecule has 1 spiro atoms. The summed E-state index contributed by atoms with van der Waals surface area (Å²) in [6.45, 7) is 8.38. The lowest BCUT2D eigenvalue weighted by Crippen LogP contribution is -2.50. The van der Waals surface area contributed by atoms with Gasteiger partial charge in [0, 0.05) is 17.9 Å². The fourth-order valence-corrected chi connectivity index (χ4v) is 4.83. The van der Waals surface area contributed by atoms with Crippen molar-refractivity contribution in [3.05, 3.63) is 23.3 Å². The van der Waals surface area contributed by atoms with Gasteiger partial charge in [-0.15, -0.1) is 0 Å². The van der Waals surface area contributed by atoms with E-state index in [1.165, 1.54) is 24.0 Å². The van der Waals surface area contributed by atoms with Crippen LogP contribution in [0.25, 0.3) is 0 Å². The van der Waals surface area contributed by atoms with Crippen LogP contribution in [0.2, 0.25) is 0 Å². The molecule has 2 atom stereocenters. The predicted octanol–water partition coefficient (Wildman–Crippen LogP) is 4.22. The molecule has 136 valence electrons. The van der Waals surface area contributed by atoms with Crippen LogP contribution in [0.1, 0.15) is 70.0 Å². The molecule has 4 heteroatoms. The van der Waals surface area contributed by atoms with E-state index >= 15 is 0 Å². The second-order valence-corrected chi connectivity index (χ2v) is 8.02. The molecule has 3 aliphatic rings. The van der Waals surface area contributed by atoms with Crippen LogP contribution in [0, 0.1) is 5.92 Å². The molecular weight excluding hydrogens is 314 g/mol. The van der Waals surface area contributed by atoms with E-state index in [1.54, 1.807) is 0 Å². The van der Waals surface area contributed by atoms with E-state index in [9.17, 15) is 4.79 Å². The minimum absolute atomic E-state index is 0.0830. The minimum Gasteiger partial charge on any atom is -0.486 e. The Hall–Kier alpha value is -1.71. The topological polar surface area (TPSA) is 38.8 Å². The largest absolute Gasteiger partial charge is 0.486 e. The van der Waals surface area contributed by atoms with E-state index in [1.807, 2.05) is 0 Å². The highest BCUT2D eigenvalue weighted by Crippen LogP contribution is 2.52. The SMILES string of the molecule is CCC(C)C(=O)N1CC2(CCCC2)c2cc3c(cc2C1C)OCCO3. The van der Waals surface area contributed by atoms with Crippen LogP contribution < -0.4 is 9.47 Å². The number of nitrogens with zero attached hydrogens (tertiary/aromatic N) is 1. The van der Waals surface area contributed by atoms with Crippen LogP contribution in [-0.4, -0.2) is 30.6 Å². The van der Waals surface area contributed by atoms with Crippen LogP contribution in [0.4, 0.5) is 0 Å². The molecule has 0 radical (unpaired) electrons. The van der Waals surface area contributed by atoms with Crippen molar-refractivity contribution in [1.29, 1.82) is 0 Å². The maximum Gasteiger partial charge on any atom is 0.225 e. The Kier molecular flexibility index (Phi) is 4.17. The zero-order valence-electron chi connectivity index (χ0n) is 15.6. The molecule has 2 heterocycles. The van der Waals surface area contributed by atoms with Crippen LogP contribution in [0.3, 0.4) is 0 Å². The zero-order chi connectivity index (χ0) is 17.6. The maximum absolute atomic E-state index is 13.0. The second-order valence-electron chi connectivity index (χ2n) is 8.02. The molecule has 2 unspecified atom stereocenters. The van der Waals surface area contributed by atoms with Gasteiger partial charge in [0.1, 0.15) is 13.2 Å². The summed E-state index contributed by atoms with van der Waals surface area (Å²) in [7, 11) is 0. The van der Waals surface area contributed by atoms with Crippen molar-refractivity contribution in [2.24, 2.45) is 5.92 Å². The molecule has 2 aliphatic heterocycles. The van der Waals surface area contributed by atoms with Crippen molar-refractivity contribution in [3.8, 4) is 11.5 Å². The summed E-state index contributed by atoms with van der Waals surface area (Å²) < 4.78 is 11.7. The number of carbonyl (C=O) groups is 1. The first kappa shape index (κ1) is 16.7. The molecule has 0 N–H and O–H groups in total. The maximum atomic E-state index is 13.0. The van der Waals surface area contributed by atoms with Gasteiger partial charge in [-0.2, -0.15) is 0 Å². The summed E-state index contributed by atoms with van der Waals surface area (Å²) in [6.07, 6.45) is 5.71. The lowest BCUT2D eigenvalue weighted by atomic mass is 9.71. The standard InChI is InChI=1S/C21H29NO3/c1-4-14(2)20(23)22-13-21(7-5-6-8-21)17-12-19-18(24-9-10-25-19)11-16(17)15(22)3/h11-12,14-15H,4-10,13H2,1-3H3. The zero-order valence-corrected chi connectivity index (χ0v) is 15.6. The lowest BCUT2D eigenvalue weighted by Gasteiger charge is -2.47. The number of ether oxygens (including phenoxy) is 2. The fourth-order valence-electron chi connectivity index (χ4n) is 4.83. The monoisotopic (exact) mass is 343 g/mol. The molecule has 0 bridgehead atoms. The summed E-state index contributed by atoms with van der Waals surface area (Å²) >= 11 is 0. The van der Waals surface area contributed by atoms with Gasteiger partial charge < -0.3 is 14.4 Å². The molecule has 1 aliphatic carbocycles. The third-order valence-electron chi connectivity index (χ3n) is 6.55. The van der Waals surface area contributed by atoms with Gasteiger partial charge in [-0.05, 0) is 49.4 Å². The van der Waals surface area contributed by atoms with Gasteiger partial charge in [0.15, 0.2) is 11.5 Å². The molecule has 1 aromatic carbocycles. The number of carbonyl (C=O) groups excluding carboxylic acids is 1. The Morgan fingerprint density at radius 3 is 2.52 bits per heavy atom. The number of amides is 1. The molecule has 1 aromatic rings. The van der Waals surface area contributed by atoms with Crippen molar-refractivity contribution in [2.75, 3.05) is 19.8 Å². The Balaban J connectivity index is 1.81. The van der Waals surface area contributed by atoms with E-state index in [-0.39, 0.29) is 17.4 Å². The van der Waals surface area contributed by atoms with Gasteiger partial charge in [0.25, 0.3) is 0 Å². The van der Waals surface area contributed by atoms with Crippen LogP contribution in [0.5, 0.6) is 11.5 Å². The van der Waals surface area contributed by atoms with E-state index in [0.29, 0.717) is 19.1 Å². The molecule has 0 saturated heterocycles. The Morgan fingerprint density at radius 1 is 1.24 bits per heavy atom. The highest BCUT2D eigenvalue weighted by Gasteiger charge is 2.46. The van der Waals surface area contributed by atoms with Gasteiger partial charge in [-0.3, -0.25) is 4.79 Å². The molecule has 4 rings (SSSR count). The quantitative estimate of drug-likeness (QED) is 0.807. The number of rotatable bonds is 2. The molecule has 1 fully saturated rings. The van der Waals surface area contributed by atoms with Crippen molar-refractivity contribution in [1.82, 2.24) is 4.90 Å². The van der Waals surface area contributed by atoms with Gasteiger partial charge in [-0.25, -0.2) is 0 Å². The molecule has 25 heavy (non-hydrogen) atoms. The smallest absolute Gasteiger partial charge is 0.225 e. The fraction of sp³-hybridized carbons (Fsp3) is 0.667. The van der Waals surface area contributed by atoms with E-state index in [4.69, 9.17) is 9.47 Å².